The number of nitrogens with one attached hydrogen (secondary N) is 1. The maximum absolute atomic E-state index is 12.9. The van der Waals surface area contributed by atoms with E-state index in [0.717, 1.165) is 0 Å². The van der Waals surface area contributed by atoms with E-state index in [1.165, 1.54) is 16.4 Å². The van der Waals surface area contributed by atoms with Gasteiger partial charge in [-0.2, -0.15) is 4.31 Å². The summed E-state index contributed by atoms with van der Waals surface area (Å²) in [4.78, 5) is 13.0. The number of piperidine rings is 1. The van der Waals surface area contributed by atoms with E-state index in [0.29, 0.717) is 31.6 Å². The van der Waals surface area contributed by atoms with Gasteiger partial charge in [0, 0.05) is 25.6 Å². The quantitative estimate of drug-likeness (QED) is 0.508. The lowest BCUT2D eigenvalue weighted by molar-refractivity contribution is -0.126. The zero-order valence-electron chi connectivity index (χ0n) is 18.6. The summed E-state index contributed by atoms with van der Waals surface area (Å²) in [6, 6.07) is 14.6. The zero-order chi connectivity index (χ0) is 23.9. The lowest BCUT2D eigenvalue weighted by Crippen LogP contribution is -2.43. The number of sulfonamides is 1. The molecule has 8 nitrogen and oxygen atoms in total. The first-order valence-electron chi connectivity index (χ1n) is 11.0. The number of rotatable bonds is 10. The predicted molar refractivity (Wildman–Crippen MR) is 125 cm³/mol. The molecule has 1 amide bonds. The molecule has 0 unspecified atom stereocenters. The molecule has 1 aliphatic heterocycles. The van der Waals surface area contributed by atoms with Crippen LogP contribution in [-0.2, 0) is 24.7 Å². The van der Waals surface area contributed by atoms with Gasteiger partial charge in [0.15, 0.2) is 9.84 Å². The highest BCUT2D eigenvalue weighted by atomic mass is 32.2. The summed E-state index contributed by atoms with van der Waals surface area (Å²) in [5.74, 6) is 0.118. The maximum Gasteiger partial charge on any atom is 0.243 e. The molecule has 0 aromatic heterocycles. The van der Waals surface area contributed by atoms with Crippen molar-refractivity contribution in [3.05, 3.63) is 54.6 Å². The van der Waals surface area contributed by atoms with Crippen LogP contribution in [0.2, 0.25) is 0 Å². The van der Waals surface area contributed by atoms with Gasteiger partial charge in [-0.05, 0) is 62.6 Å². The number of hydrogen-bond acceptors (Lipinski definition) is 6. The zero-order valence-corrected chi connectivity index (χ0v) is 20.3. The minimum absolute atomic E-state index is 0.0456. The highest BCUT2D eigenvalue weighted by molar-refractivity contribution is 7.91. The van der Waals surface area contributed by atoms with Crippen molar-refractivity contribution >= 4 is 25.8 Å². The Kier molecular flexibility index (Phi) is 8.50. The lowest BCUT2D eigenvalue weighted by atomic mass is 9.97. The van der Waals surface area contributed by atoms with E-state index in [9.17, 15) is 21.6 Å². The molecule has 10 heteroatoms. The van der Waals surface area contributed by atoms with E-state index in [1.807, 2.05) is 6.92 Å². The van der Waals surface area contributed by atoms with Gasteiger partial charge < -0.3 is 10.1 Å². The Labute approximate surface area is 195 Å². The van der Waals surface area contributed by atoms with Gasteiger partial charge in [-0.25, -0.2) is 16.8 Å². The molecule has 3 rings (SSSR count). The molecular formula is C23H30N2O6S2. The van der Waals surface area contributed by atoms with Crippen LogP contribution >= 0.6 is 0 Å². The molecule has 1 N–H and O–H groups in total. The molecule has 0 bridgehead atoms. The number of sulfone groups is 1. The van der Waals surface area contributed by atoms with Crippen LogP contribution in [0.4, 0.5) is 0 Å². The van der Waals surface area contributed by atoms with Crippen LogP contribution < -0.4 is 10.1 Å². The third-order valence-electron chi connectivity index (χ3n) is 5.59. The van der Waals surface area contributed by atoms with Gasteiger partial charge in [-0.1, -0.05) is 18.2 Å². The fraction of sp³-hybridized carbons (Fsp3) is 0.435. The van der Waals surface area contributed by atoms with E-state index < -0.39 is 19.9 Å². The number of amides is 1. The number of hydrogen-bond donors (Lipinski definition) is 1. The Morgan fingerprint density at radius 1 is 0.970 bits per heavy atom. The van der Waals surface area contributed by atoms with Gasteiger partial charge in [0.2, 0.25) is 15.9 Å². The fourth-order valence-corrected chi connectivity index (χ4v) is 6.55. The standard InChI is InChI=1S/C23H30N2O6S2/c1-2-31-20-9-11-22(12-10-20)33(29,30)25-16-13-19(14-17-25)23(26)24-15-6-18-32(27,28)21-7-4-3-5-8-21/h3-5,7-12,19H,2,6,13-18H2,1H3,(H,24,26). The van der Waals surface area contributed by atoms with E-state index in [2.05, 4.69) is 5.32 Å². The highest BCUT2D eigenvalue weighted by Gasteiger charge is 2.32. The monoisotopic (exact) mass is 494 g/mol. The summed E-state index contributed by atoms with van der Waals surface area (Å²) in [6.07, 6.45) is 1.16. The number of benzene rings is 2. The fourth-order valence-electron chi connectivity index (χ4n) is 3.75. The molecule has 1 fully saturated rings. The SMILES string of the molecule is CCOc1ccc(S(=O)(=O)N2CCC(C(=O)NCCCS(=O)(=O)c3ccccc3)CC2)cc1. The smallest absolute Gasteiger partial charge is 0.243 e. The number of carbonyl (C=O) groups is 1. The normalized spacial score (nSPS) is 15.8. The largest absolute Gasteiger partial charge is 0.494 e. The third kappa shape index (κ3) is 6.55. The molecule has 1 aliphatic rings. The second-order valence-electron chi connectivity index (χ2n) is 7.86. The molecule has 33 heavy (non-hydrogen) atoms. The topological polar surface area (TPSA) is 110 Å². The summed E-state index contributed by atoms with van der Waals surface area (Å²) in [6.45, 7) is 3.14. The van der Waals surface area contributed by atoms with Crippen molar-refractivity contribution in [2.75, 3.05) is 32.0 Å². The van der Waals surface area contributed by atoms with Crippen LogP contribution in [0.15, 0.2) is 64.4 Å². The summed E-state index contributed by atoms with van der Waals surface area (Å²) < 4.78 is 57.1. The van der Waals surface area contributed by atoms with Gasteiger partial charge in [-0.15, -0.1) is 0 Å². The van der Waals surface area contributed by atoms with Crippen LogP contribution in [0.3, 0.4) is 0 Å². The maximum atomic E-state index is 12.9. The van der Waals surface area contributed by atoms with Crippen molar-refractivity contribution in [3.8, 4) is 5.75 Å². The lowest BCUT2D eigenvalue weighted by Gasteiger charge is -2.30. The number of nitrogens with zero attached hydrogens (tertiary/aromatic N) is 1. The van der Waals surface area contributed by atoms with E-state index >= 15 is 0 Å². The molecule has 1 saturated heterocycles. The molecule has 0 atom stereocenters. The second-order valence-corrected chi connectivity index (χ2v) is 11.9. The van der Waals surface area contributed by atoms with Gasteiger partial charge in [0.05, 0.1) is 22.2 Å². The Hall–Kier alpha value is -2.43. The van der Waals surface area contributed by atoms with Crippen molar-refractivity contribution in [2.45, 2.75) is 36.0 Å². The van der Waals surface area contributed by atoms with Crippen molar-refractivity contribution < 1.29 is 26.4 Å². The molecular weight excluding hydrogens is 464 g/mol. The van der Waals surface area contributed by atoms with Crippen LogP contribution in [0.25, 0.3) is 0 Å². The molecule has 2 aromatic rings. The van der Waals surface area contributed by atoms with Crippen molar-refractivity contribution in [1.29, 1.82) is 0 Å². The number of ether oxygens (including phenoxy) is 1. The summed E-state index contributed by atoms with van der Waals surface area (Å²) >= 11 is 0. The Morgan fingerprint density at radius 3 is 2.21 bits per heavy atom. The van der Waals surface area contributed by atoms with Gasteiger partial charge in [-0.3, -0.25) is 4.79 Å². The van der Waals surface area contributed by atoms with Crippen molar-refractivity contribution in [3.63, 3.8) is 0 Å². The van der Waals surface area contributed by atoms with E-state index in [-0.39, 0.29) is 47.0 Å². The van der Waals surface area contributed by atoms with Gasteiger partial charge >= 0.3 is 0 Å². The van der Waals surface area contributed by atoms with Crippen LogP contribution in [0.1, 0.15) is 26.2 Å². The average Bonchev–Trinajstić information content (AvgIpc) is 2.83. The summed E-state index contributed by atoms with van der Waals surface area (Å²) in [7, 11) is -7.00. The van der Waals surface area contributed by atoms with Crippen LogP contribution in [0.5, 0.6) is 5.75 Å². The molecule has 1 heterocycles. The van der Waals surface area contributed by atoms with Crippen molar-refractivity contribution in [2.24, 2.45) is 5.92 Å². The molecule has 0 saturated carbocycles. The Morgan fingerprint density at radius 2 is 1.61 bits per heavy atom. The second kappa shape index (κ2) is 11.1. The molecule has 0 spiro atoms. The molecule has 0 radical (unpaired) electrons. The number of carbonyl (C=O) groups excluding carboxylic acids is 1. The molecule has 0 aliphatic carbocycles. The summed E-state index contributed by atoms with van der Waals surface area (Å²) in [5, 5.41) is 2.79. The molecule has 2 aromatic carbocycles. The minimum Gasteiger partial charge on any atom is -0.494 e. The summed E-state index contributed by atoms with van der Waals surface area (Å²) in [5.41, 5.74) is 0. The van der Waals surface area contributed by atoms with Gasteiger partial charge in [0.25, 0.3) is 0 Å². The van der Waals surface area contributed by atoms with Crippen LogP contribution in [-0.4, -0.2) is 59.0 Å². The first-order valence-corrected chi connectivity index (χ1v) is 14.1. The first kappa shape index (κ1) is 25.2. The first-order chi connectivity index (χ1) is 15.7. The highest BCUT2D eigenvalue weighted by Crippen LogP contribution is 2.25. The third-order valence-corrected chi connectivity index (χ3v) is 9.32. The Bertz CT molecular complexity index is 1130. The molecule has 180 valence electrons. The van der Waals surface area contributed by atoms with E-state index in [1.54, 1.807) is 42.5 Å². The average molecular weight is 495 g/mol. The minimum atomic E-state index is -3.63. The van der Waals surface area contributed by atoms with Crippen molar-refractivity contribution in [1.82, 2.24) is 9.62 Å². The van der Waals surface area contributed by atoms with Crippen LogP contribution in [0, 0.1) is 5.92 Å². The van der Waals surface area contributed by atoms with E-state index in [4.69, 9.17) is 4.74 Å². The Balaban J connectivity index is 1.45. The predicted octanol–water partition coefficient (Wildman–Crippen LogP) is 2.47. The van der Waals surface area contributed by atoms with Gasteiger partial charge in [0.1, 0.15) is 5.75 Å².